The summed E-state index contributed by atoms with van der Waals surface area (Å²) in [6.45, 7) is 5.60. The van der Waals surface area contributed by atoms with E-state index >= 15 is 0 Å². The van der Waals surface area contributed by atoms with Crippen molar-refractivity contribution in [3.8, 4) is 0 Å². The van der Waals surface area contributed by atoms with Crippen LogP contribution in [0.2, 0.25) is 0 Å². The van der Waals surface area contributed by atoms with Gasteiger partial charge in [-0.25, -0.2) is 13.2 Å². The molecule has 2 N–H and O–H groups in total. The molecule has 1 aromatic carbocycles. The highest BCUT2D eigenvalue weighted by atomic mass is 19.2. The highest BCUT2D eigenvalue weighted by Crippen LogP contribution is 2.21. The molecule has 1 nitrogen and oxygen atoms in total. The van der Waals surface area contributed by atoms with Crippen LogP contribution < -0.4 is 5.73 Å². The molecule has 80 valence electrons. The van der Waals surface area contributed by atoms with E-state index in [9.17, 15) is 13.2 Å². The monoisotopic (exact) mass is 205 g/mol. The summed E-state index contributed by atoms with van der Waals surface area (Å²) in [6.07, 6.45) is 0.236. The van der Waals surface area contributed by atoms with Crippen molar-refractivity contribution in [2.45, 2.75) is 27.2 Å². The van der Waals surface area contributed by atoms with Crippen LogP contribution in [0.5, 0.6) is 0 Å². The van der Waals surface area contributed by atoms with Crippen molar-refractivity contribution in [1.82, 2.24) is 0 Å². The number of benzene rings is 1. The molecule has 1 aromatic rings. The van der Waals surface area contributed by atoms with Gasteiger partial charge in [-0.05, 0) is 18.1 Å². The van der Waals surface area contributed by atoms with Crippen LogP contribution in [-0.4, -0.2) is 0 Å². The van der Waals surface area contributed by atoms with Gasteiger partial charge in [0.15, 0.2) is 11.6 Å². The molecular weight excluding hydrogens is 191 g/mol. The van der Waals surface area contributed by atoms with E-state index in [-0.39, 0.29) is 12.0 Å². The number of nitrogens with two attached hydrogens (primary N) is 1. The van der Waals surface area contributed by atoms with Gasteiger partial charge in [0, 0.05) is 0 Å². The summed E-state index contributed by atoms with van der Waals surface area (Å²) in [5.41, 5.74) is 4.16. The second-order valence-corrected chi connectivity index (χ2v) is 2.41. The van der Waals surface area contributed by atoms with Crippen LogP contribution in [0.3, 0.4) is 0 Å². The smallest absolute Gasteiger partial charge is 0.184 e. The molecule has 0 atom stereocenters. The standard InChI is InChI=1S/C8H8F3N.C2H6/c1-2-4-3-5(9)8(12)7(11)6(4)10;1-2/h3H,2,12H2,1H3;1-2H3. The Morgan fingerprint density at radius 1 is 1.14 bits per heavy atom. The van der Waals surface area contributed by atoms with Crippen molar-refractivity contribution in [3.05, 3.63) is 29.1 Å². The summed E-state index contributed by atoms with van der Waals surface area (Å²) >= 11 is 0. The predicted molar refractivity (Wildman–Crippen MR) is 51.5 cm³/mol. The average molecular weight is 205 g/mol. The zero-order valence-corrected chi connectivity index (χ0v) is 8.50. The third kappa shape index (κ3) is 2.40. The molecule has 0 spiro atoms. The number of halogens is 3. The molecule has 0 saturated heterocycles. The van der Waals surface area contributed by atoms with E-state index in [1.54, 1.807) is 6.92 Å². The Labute approximate surface area is 81.7 Å². The van der Waals surface area contributed by atoms with Gasteiger partial charge in [0.05, 0.1) is 0 Å². The Hall–Kier alpha value is -1.19. The quantitative estimate of drug-likeness (QED) is 0.552. The Morgan fingerprint density at radius 2 is 1.64 bits per heavy atom. The van der Waals surface area contributed by atoms with Crippen LogP contribution in [0, 0.1) is 17.5 Å². The van der Waals surface area contributed by atoms with Crippen LogP contribution in [0.25, 0.3) is 0 Å². The number of aryl methyl sites for hydroxylation is 1. The molecule has 14 heavy (non-hydrogen) atoms. The second kappa shape index (κ2) is 5.52. The average Bonchev–Trinajstić information content (AvgIpc) is 2.23. The fourth-order valence-electron chi connectivity index (χ4n) is 0.915. The third-order valence-corrected chi connectivity index (χ3v) is 1.65. The van der Waals surface area contributed by atoms with E-state index in [1.165, 1.54) is 0 Å². The second-order valence-electron chi connectivity index (χ2n) is 2.41. The van der Waals surface area contributed by atoms with Gasteiger partial charge in [-0.3, -0.25) is 0 Å². The first-order valence-electron chi connectivity index (χ1n) is 4.49. The zero-order chi connectivity index (χ0) is 11.3. The molecule has 0 radical (unpaired) electrons. The van der Waals surface area contributed by atoms with Crippen LogP contribution >= 0.6 is 0 Å². The van der Waals surface area contributed by atoms with E-state index in [0.717, 1.165) is 6.07 Å². The SMILES string of the molecule is CC.CCc1cc(F)c(N)c(F)c1F. The molecule has 0 amide bonds. The van der Waals surface area contributed by atoms with Gasteiger partial charge in [-0.2, -0.15) is 0 Å². The predicted octanol–water partition coefficient (Wildman–Crippen LogP) is 3.27. The summed E-state index contributed by atoms with van der Waals surface area (Å²) in [5.74, 6) is -3.27. The summed E-state index contributed by atoms with van der Waals surface area (Å²) < 4.78 is 38.2. The van der Waals surface area contributed by atoms with Crippen molar-refractivity contribution in [2.75, 3.05) is 5.73 Å². The van der Waals surface area contributed by atoms with Gasteiger partial charge in [0.2, 0.25) is 0 Å². The number of anilines is 1. The maximum absolute atomic E-state index is 12.8. The number of rotatable bonds is 1. The fourth-order valence-corrected chi connectivity index (χ4v) is 0.915. The van der Waals surface area contributed by atoms with Gasteiger partial charge >= 0.3 is 0 Å². The van der Waals surface area contributed by atoms with Gasteiger partial charge in [-0.15, -0.1) is 0 Å². The van der Waals surface area contributed by atoms with Gasteiger partial charge in [0.1, 0.15) is 11.5 Å². The molecule has 0 aliphatic rings. The molecule has 0 saturated carbocycles. The zero-order valence-electron chi connectivity index (χ0n) is 8.50. The Balaban J connectivity index is 0.000000791. The maximum Gasteiger partial charge on any atom is 0.184 e. The lowest BCUT2D eigenvalue weighted by Crippen LogP contribution is -2.02. The number of hydrogen-bond donors (Lipinski definition) is 1. The molecule has 1 rings (SSSR count). The molecule has 0 fully saturated rings. The largest absolute Gasteiger partial charge is 0.394 e. The minimum atomic E-state index is -1.30. The first kappa shape index (κ1) is 12.8. The maximum atomic E-state index is 12.8. The third-order valence-electron chi connectivity index (χ3n) is 1.65. The first-order valence-corrected chi connectivity index (χ1v) is 4.49. The van der Waals surface area contributed by atoms with E-state index in [2.05, 4.69) is 0 Å². The molecule has 0 heterocycles. The normalized spacial score (nSPS) is 9.29. The van der Waals surface area contributed by atoms with E-state index in [1.807, 2.05) is 13.8 Å². The Kier molecular flexibility index (Phi) is 5.05. The lowest BCUT2D eigenvalue weighted by atomic mass is 10.1. The van der Waals surface area contributed by atoms with Crippen molar-refractivity contribution in [1.29, 1.82) is 0 Å². The number of nitrogen functional groups attached to an aromatic ring is 1. The molecule has 0 unspecified atom stereocenters. The van der Waals surface area contributed by atoms with E-state index in [0.29, 0.717) is 0 Å². The molecular formula is C10H14F3N. The van der Waals surface area contributed by atoms with Crippen molar-refractivity contribution in [2.24, 2.45) is 0 Å². The van der Waals surface area contributed by atoms with Crippen LogP contribution in [0.1, 0.15) is 26.3 Å². The van der Waals surface area contributed by atoms with Crippen molar-refractivity contribution in [3.63, 3.8) is 0 Å². The molecule has 0 aliphatic carbocycles. The fraction of sp³-hybridized carbons (Fsp3) is 0.400. The van der Waals surface area contributed by atoms with Crippen LogP contribution in [0.15, 0.2) is 6.07 Å². The lowest BCUT2D eigenvalue weighted by Gasteiger charge is -2.04. The molecule has 0 aliphatic heterocycles. The van der Waals surface area contributed by atoms with Crippen molar-refractivity contribution >= 4 is 5.69 Å². The minimum Gasteiger partial charge on any atom is -0.394 e. The van der Waals surface area contributed by atoms with E-state index < -0.39 is 23.1 Å². The Morgan fingerprint density at radius 3 is 2.07 bits per heavy atom. The highest BCUT2D eigenvalue weighted by Gasteiger charge is 2.14. The van der Waals surface area contributed by atoms with E-state index in [4.69, 9.17) is 5.73 Å². The summed E-state index contributed by atoms with van der Waals surface area (Å²) in [4.78, 5) is 0. The van der Waals surface area contributed by atoms with Crippen molar-refractivity contribution < 1.29 is 13.2 Å². The van der Waals surface area contributed by atoms with Gasteiger partial charge < -0.3 is 5.73 Å². The minimum absolute atomic E-state index is 0.000741. The van der Waals surface area contributed by atoms with Gasteiger partial charge in [0.25, 0.3) is 0 Å². The first-order chi connectivity index (χ1) is 6.57. The Bertz CT molecular complexity index is 311. The highest BCUT2D eigenvalue weighted by molar-refractivity contribution is 5.44. The lowest BCUT2D eigenvalue weighted by molar-refractivity contribution is 0.491. The molecule has 4 heteroatoms. The molecule has 0 bridgehead atoms. The topological polar surface area (TPSA) is 26.0 Å². The van der Waals surface area contributed by atoms with Crippen LogP contribution in [0.4, 0.5) is 18.9 Å². The molecule has 0 aromatic heterocycles. The van der Waals surface area contributed by atoms with Gasteiger partial charge in [-0.1, -0.05) is 20.8 Å². The summed E-state index contributed by atoms with van der Waals surface area (Å²) in [5, 5.41) is 0. The summed E-state index contributed by atoms with van der Waals surface area (Å²) in [7, 11) is 0. The number of hydrogen-bond acceptors (Lipinski definition) is 1. The summed E-state index contributed by atoms with van der Waals surface area (Å²) in [6, 6.07) is 0.910. The van der Waals surface area contributed by atoms with Crippen LogP contribution in [-0.2, 0) is 6.42 Å².